The van der Waals surface area contributed by atoms with Crippen LogP contribution in [-0.4, -0.2) is 55.6 Å². The molecule has 2 atom stereocenters. The molecule has 3 N–H and O–H groups in total. The van der Waals surface area contributed by atoms with Gasteiger partial charge in [-0.05, 0) is 44.5 Å². The number of nitrogens with zero attached hydrogens (tertiary/aromatic N) is 2. The van der Waals surface area contributed by atoms with E-state index in [-0.39, 0.29) is 48.6 Å². The van der Waals surface area contributed by atoms with Gasteiger partial charge in [0.05, 0.1) is 6.04 Å². The summed E-state index contributed by atoms with van der Waals surface area (Å²) in [4.78, 5) is 16.6. The molecule has 1 heterocycles. The van der Waals surface area contributed by atoms with E-state index in [9.17, 15) is 9.18 Å². The summed E-state index contributed by atoms with van der Waals surface area (Å²) < 4.78 is 13.0. The van der Waals surface area contributed by atoms with Crippen LogP contribution in [0.15, 0.2) is 24.3 Å². The second-order valence-electron chi connectivity index (χ2n) is 6.23. The van der Waals surface area contributed by atoms with Gasteiger partial charge in [-0.3, -0.25) is 9.69 Å². The van der Waals surface area contributed by atoms with Crippen LogP contribution in [0.4, 0.5) is 10.1 Å². The molecule has 1 aromatic carbocycles. The van der Waals surface area contributed by atoms with E-state index in [0.29, 0.717) is 6.54 Å². The molecule has 2 rings (SSSR count). The number of halogens is 3. The Morgan fingerprint density at radius 2 is 1.72 bits per heavy atom. The van der Waals surface area contributed by atoms with Crippen molar-refractivity contribution < 1.29 is 9.18 Å². The van der Waals surface area contributed by atoms with Crippen molar-refractivity contribution in [1.29, 1.82) is 0 Å². The van der Waals surface area contributed by atoms with E-state index in [1.165, 1.54) is 12.1 Å². The summed E-state index contributed by atoms with van der Waals surface area (Å²) in [5.41, 5.74) is 6.71. The van der Waals surface area contributed by atoms with Gasteiger partial charge in [0, 0.05) is 44.5 Å². The van der Waals surface area contributed by atoms with Crippen LogP contribution >= 0.6 is 24.8 Å². The molecule has 1 saturated heterocycles. The highest BCUT2D eigenvalue weighted by atomic mass is 35.5. The standard InChI is InChI=1S/C17H27FN4O.2ClH/c1-13(19)7-8-20-17(23)14(2)21-9-11-22(12-10-21)16-5-3-15(18)4-6-16;;/h3-6,13-14H,7-12,19H2,1-2H3,(H,20,23);2*1H. The summed E-state index contributed by atoms with van der Waals surface area (Å²) >= 11 is 0. The van der Waals surface area contributed by atoms with Crippen molar-refractivity contribution in [3.05, 3.63) is 30.1 Å². The van der Waals surface area contributed by atoms with E-state index in [0.717, 1.165) is 38.3 Å². The molecular weight excluding hydrogens is 366 g/mol. The van der Waals surface area contributed by atoms with Crippen LogP contribution < -0.4 is 16.0 Å². The molecule has 0 spiro atoms. The summed E-state index contributed by atoms with van der Waals surface area (Å²) in [7, 11) is 0. The van der Waals surface area contributed by atoms with Crippen molar-refractivity contribution >= 4 is 36.4 Å². The quantitative estimate of drug-likeness (QED) is 0.774. The summed E-state index contributed by atoms with van der Waals surface area (Å²) in [5.74, 6) is -0.162. The Morgan fingerprint density at radius 1 is 1.16 bits per heavy atom. The third kappa shape index (κ3) is 7.36. The molecule has 0 saturated carbocycles. The predicted octanol–water partition coefficient (Wildman–Crippen LogP) is 2.03. The fourth-order valence-corrected chi connectivity index (χ4v) is 2.76. The molecule has 5 nitrogen and oxygen atoms in total. The largest absolute Gasteiger partial charge is 0.369 e. The SMILES string of the molecule is CC(N)CCNC(=O)C(C)N1CCN(c2ccc(F)cc2)CC1.Cl.Cl. The average molecular weight is 395 g/mol. The second kappa shape index (κ2) is 11.5. The maximum Gasteiger partial charge on any atom is 0.237 e. The lowest BCUT2D eigenvalue weighted by atomic mass is 10.2. The van der Waals surface area contributed by atoms with Crippen molar-refractivity contribution in [2.24, 2.45) is 5.73 Å². The summed E-state index contributed by atoms with van der Waals surface area (Å²) in [6.07, 6.45) is 0.788. The van der Waals surface area contributed by atoms with Gasteiger partial charge in [0.1, 0.15) is 5.82 Å². The Balaban J connectivity index is 0.00000288. The van der Waals surface area contributed by atoms with Gasteiger partial charge in [0.25, 0.3) is 0 Å². The van der Waals surface area contributed by atoms with Gasteiger partial charge >= 0.3 is 0 Å². The first-order valence-corrected chi connectivity index (χ1v) is 8.25. The number of carbonyl (C=O) groups is 1. The highest BCUT2D eigenvalue weighted by molar-refractivity contribution is 5.85. The summed E-state index contributed by atoms with van der Waals surface area (Å²) in [5, 5.41) is 2.94. The highest BCUT2D eigenvalue weighted by Crippen LogP contribution is 2.17. The number of rotatable bonds is 6. The smallest absolute Gasteiger partial charge is 0.237 e. The topological polar surface area (TPSA) is 61.6 Å². The zero-order valence-electron chi connectivity index (χ0n) is 14.8. The zero-order valence-corrected chi connectivity index (χ0v) is 16.4. The van der Waals surface area contributed by atoms with Gasteiger partial charge in [-0.15, -0.1) is 24.8 Å². The fourth-order valence-electron chi connectivity index (χ4n) is 2.76. The molecule has 1 aromatic rings. The van der Waals surface area contributed by atoms with Gasteiger partial charge in [0.2, 0.25) is 5.91 Å². The number of piperazine rings is 1. The van der Waals surface area contributed by atoms with Crippen molar-refractivity contribution in [2.75, 3.05) is 37.6 Å². The molecule has 2 unspecified atom stereocenters. The van der Waals surface area contributed by atoms with Crippen LogP contribution in [0.2, 0.25) is 0 Å². The number of carbonyl (C=O) groups excluding carboxylic acids is 1. The molecule has 1 aliphatic rings. The number of hydrogen-bond donors (Lipinski definition) is 2. The summed E-state index contributed by atoms with van der Waals surface area (Å²) in [6, 6.07) is 6.53. The maximum absolute atomic E-state index is 13.0. The van der Waals surface area contributed by atoms with Crippen LogP contribution in [-0.2, 0) is 4.79 Å². The van der Waals surface area contributed by atoms with Crippen LogP contribution in [0, 0.1) is 5.82 Å². The highest BCUT2D eigenvalue weighted by Gasteiger charge is 2.25. The first-order chi connectivity index (χ1) is 11.0. The van der Waals surface area contributed by atoms with Crippen molar-refractivity contribution in [3.63, 3.8) is 0 Å². The minimum absolute atomic E-state index is 0. The zero-order chi connectivity index (χ0) is 16.8. The normalized spacial score (nSPS) is 17.0. The van der Waals surface area contributed by atoms with Crippen LogP contribution in [0.1, 0.15) is 20.3 Å². The lowest BCUT2D eigenvalue weighted by molar-refractivity contribution is -0.126. The molecule has 8 heteroatoms. The molecular formula is C17H29Cl2FN4O. The minimum atomic E-state index is -0.218. The fraction of sp³-hybridized carbons (Fsp3) is 0.588. The number of hydrogen-bond acceptors (Lipinski definition) is 4. The van der Waals surface area contributed by atoms with Gasteiger partial charge in [-0.25, -0.2) is 4.39 Å². The molecule has 144 valence electrons. The minimum Gasteiger partial charge on any atom is -0.369 e. The molecule has 0 bridgehead atoms. The average Bonchev–Trinajstić information content (AvgIpc) is 2.54. The third-order valence-electron chi connectivity index (χ3n) is 4.33. The molecule has 25 heavy (non-hydrogen) atoms. The van der Waals surface area contributed by atoms with E-state index >= 15 is 0 Å². The van der Waals surface area contributed by atoms with Crippen molar-refractivity contribution in [3.8, 4) is 0 Å². The Hall–Kier alpha value is -1.08. The van der Waals surface area contributed by atoms with Crippen LogP contribution in [0.3, 0.4) is 0 Å². The van der Waals surface area contributed by atoms with Gasteiger partial charge in [-0.2, -0.15) is 0 Å². The van der Waals surface area contributed by atoms with E-state index < -0.39 is 0 Å². The Morgan fingerprint density at radius 3 is 2.24 bits per heavy atom. The molecule has 1 aliphatic heterocycles. The molecule has 0 aromatic heterocycles. The Labute approximate surface area is 161 Å². The van der Waals surface area contributed by atoms with E-state index in [1.54, 1.807) is 12.1 Å². The van der Waals surface area contributed by atoms with Gasteiger partial charge in [-0.1, -0.05) is 0 Å². The van der Waals surface area contributed by atoms with Gasteiger partial charge < -0.3 is 16.0 Å². The predicted molar refractivity (Wildman–Crippen MR) is 105 cm³/mol. The number of anilines is 1. The maximum atomic E-state index is 13.0. The Bertz CT molecular complexity index is 508. The van der Waals surface area contributed by atoms with E-state index in [4.69, 9.17) is 5.73 Å². The molecule has 1 fully saturated rings. The summed E-state index contributed by atoms with van der Waals surface area (Å²) in [6.45, 7) is 7.81. The number of benzene rings is 1. The van der Waals surface area contributed by atoms with E-state index in [2.05, 4.69) is 15.1 Å². The van der Waals surface area contributed by atoms with Gasteiger partial charge in [0.15, 0.2) is 0 Å². The second-order valence-corrected chi connectivity index (χ2v) is 6.23. The Kier molecular flexibility index (Phi) is 11.0. The lowest BCUT2D eigenvalue weighted by Crippen LogP contribution is -2.54. The van der Waals surface area contributed by atoms with Crippen molar-refractivity contribution in [1.82, 2.24) is 10.2 Å². The molecule has 0 radical (unpaired) electrons. The molecule has 0 aliphatic carbocycles. The lowest BCUT2D eigenvalue weighted by Gasteiger charge is -2.38. The van der Waals surface area contributed by atoms with Crippen molar-refractivity contribution in [2.45, 2.75) is 32.4 Å². The number of nitrogens with two attached hydrogens (primary N) is 1. The first kappa shape index (κ1) is 23.9. The first-order valence-electron chi connectivity index (χ1n) is 8.25. The molecule has 1 amide bonds. The van der Waals surface area contributed by atoms with Crippen LogP contribution in [0.5, 0.6) is 0 Å². The third-order valence-corrected chi connectivity index (χ3v) is 4.33. The monoisotopic (exact) mass is 394 g/mol. The number of nitrogens with one attached hydrogen (secondary N) is 1. The van der Waals surface area contributed by atoms with Crippen LogP contribution in [0.25, 0.3) is 0 Å². The number of amides is 1. The van der Waals surface area contributed by atoms with E-state index in [1.807, 2.05) is 13.8 Å².